The number of hydrogen-bond donors (Lipinski definition) is 2. The summed E-state index contributed by atoms with van der Waals surface area (Å²) in [6.07, 6.45) is 11.1. The van der Waals surface area contributed by atoms with E-state index in [9.17, 15) is 19.8 Å². The maximum Gasteiger partial charge on any atom is 0.305 e. The first-order chi connectivity index (χ1) is 14.7. The molecule has 0 saturated carbocycles. The fraction of sp³-hybridized carbons (Fsp3) is 0.920. The Morgan fingerprint density at radius 3 is 1.32 bits per heavy atom. The summed E-state index contributed by atoms with van der Waals surface area (Å²) in [5.41, 5.74) is -1.15. The van der Waals surface area contributed by atoms with Crippen LogP contribution in [-0.2, 0) is 19.1 Å². The monoisotopic (exact) mass is 444 g/mol. The number of aliphatic hydroxyl groups excluding tert-OH is 2. The highest BCUT2D eigenvalue weighted by atomic mass is 16.5. The van der Waals surface area contributed by atoms with E-state index in [0.717, 1.165) is 38.5 Å². The Hall–Kier alpha value is -1.14. The number of carbonyl (C=O) groups excluding carboxylic acids is 2. The van der Waals surface area contributed by atoms with Crippen LogP contribution in [0, 0.1) is 17.3 Å². The number of carbonyl (C=O) groups is 2. The molecule has 6 nitrogen and oxygen atoms in total. The van der Waals surface area contributed by atoms with Crippen molar-refractivity contribution in [2.75, 3.05) is 26.4 Å². The van der Waals surface area contributed by atoms with Gasteiger partial charge in [-0.05, 0) is 24.7 Å². The lowest BCUT2D eigenvalue weighted by Gasteiger charge is -2.28. The topological polar surface area (TPSA) is 93.1 Å². The van der Waals surface area contributed by atoms with Gasteiger partial charge >= 0.3 is 11.9 Å². The van der Waals surface area contributed by atoms with Gasteiger partial charge in [-0.1, -0.05) is 79.1 Å². The molecule has 0 aromatic carbocycles. The zero-order valence-electron chi connectivity index (χ0n) is 20.5. The van der Waals surface area contributed by atoms with Gasteiger partial charge in [-0.15, -0.1) is 0 Å². The molecule has 0 aliphatic rings. The van der Waals surface area contributed by atoms with E-state index in [1.165, 1.54) is 25.7 Å². The van der Waals surface area contributed by atoms with Gasteiger partial charge in [-0.2, -0.15) is 0 Å². The van der Waals surface area contributed by atoms with Gasteiger partial charge in [0.25, 0.3) is 0 Å². The second-order valence-corrected chi connectivity index (χ2v) is 9.83. The summed E-state index contributed by atoms with van der Waals surface area (Å²) in [7, 11) is 0. The molecule has 0 radical (unpaired) electrons. The normalized spacial score (nSPS) is 11.9. The SMILES string of the molecule is CC(C)CCCCCCC(=O)OCC(CO)(CO)COC(=O)CCCCCCC(C)C. The number of esters is 2. The summed E-state index contributed by atoms with van der Waals surface area (Å²) in [4.78, 5) is 24.0. The Bertz CT molecular complexity index is 419. The van der Waals surface area contributed by atoms with Crippen LogP contribution in [0.2, 0.25) is 0 Å². The van der Waals surface area contributed by atoms with Crippen molar-refractivity contribution in [1.82, 2.24) is 0 Å². The minimum Gasteiger partial charge on any atom is -0.465 e. The first kappa shape index (κ1) is 29.9. The van der Waals surface area contributed by atoms with Gasteiger partial charge in [0.2, 0.25) is 0 Å². The van der Waals surface area contributed by atoms with E-state index in [4.69, 9.17) is 9.47 Å². The first-order valence-electron chi connectivity index (χ1n) is 12.3. The van der Waals surface area contributed by atoms with Crippen molar-refractivity contribution in [1.29, 1.82) is 0 Å². The van der Waals surface area contributed by atoms with Crippen LogP contribution in [0.4, 0.5) is 0 Å². The summed E-state index contributed by atoms with van der Waals surface area (Å²) in [5, 5.41) is 19.4. The third kappa shape index (κ3) is 17.1. The van der Waals surface area contributed by atoms with Crippen LogP contribution in [0.5, 0.6) is 0 Å². The largest absolute Gasteiger partial charge is 0.465 e. The summed E-state index contributed by atoms with van der Waals surface area (Å²) in [6.45, 7) is 7.67. The van der Waals surface area contributed by atoms with Gasteiger partial charge in [0.05, 0.1) is 18.6 Å². The highest BCUT2D eigenvalue weighted by Gasteiger charge is 2.32. The van der Waals surface area contributed by atoms with Crippen LogP contribution in [0.1, 0.15) is 105 Å². The molecule has 31 heavy (non-hydrogen) atoms. The molecule has 0 aromatic heterocycles. The quantitative estimate of drug-likeness (QED) is 0.202. The number of ether oxygens (including phenoxy) is 2. The summed E-state index contributed by atoms with van der Waals surface area (Å²) in [5.74, 6) is 0.725. The van der Waals surface area contributed by atoms with Crippen molar-refractivity contribution in [2.45, 2.75) is 105 Å². The summed E-state index contributed by atoms with van der Waals surface area (Å²) < 4.78 is 10.5. The third-order valence-electron chi connectivity index (χ3n) is 5.57. The van der Waals surface area contributed by atoms with E-state index < -0.39 is 18.6 Å². The smallest absolute Gasteiger partial charge is 0.305 e. The van der Waals surface area contributed by atoms with E-state index in [2.05, 4.69) is 27.7 Å². The molecule has 0 amide bonds. The predicted molar refractivity (Wildman–Crippen MR) is 124 cm³/mol. The highest BCUT2D eigenvalue weighted by Crippen LogP contribution is 2.19. The van der Waals surface area contributed by atoms with Crippen LogP contribution < -0.4 is 0 Å². The van der Waals surface area contributed by atoms with Crippen molar-refractivity contribution >= 4 is 11.9 Å². The standard InChI is InChI=1S/C25H48O6/c1-21(2)13-9-5-7-11-15-23(28)30-19-25(17-26,18-27)20-31-24(29)16-12-8-6-10-14-22(3)4/h21-22,26-27H,5-20H2,1-4H3. The molecule has 184 valence electrons. The van der Waals surface area contributed by atoms with E-state index in [1.54, 1.807) is 0 Å². The zero-order valence-corrected chi connectivity index (χ0v) is 20.5. The van der Waals surface area contributed by atoms with Gasteiger partial charge < -0.3 is 19.7 Å². The number of aliphatic hydroxyl groups is 2. The molecule has 6 heteroatoms. The Balaban J connectivity index is 4.06. The molecule has 2 N–H and O–H groups in total. The van der Waals surface area contributed by atoms with E-state index in [0.29, 0.717) is 24.7 Å². The van der Waals surface area contributed by atoms with Crippen molar-refractivity contribution in [3.63, 3.8) is 0 Å². The van der Waals surface area contributed by atoms with Crippen LogP contribution >= 0.6 is 0 Å². The minimum atomic E-state index is -1.15. The van der Waals surface area contributed by atoms with Crippen LogP contribution in [0.15, 0.2) is 0 Å². The third-order valence-corrected chi connectivity index (χ3v) is 5.57. The van der Waals surface area contributed by atoms with Crippen molar-refractivity contribution in [2.24, 2.45) is 17.3 Å². The Labute approximate surface area is 190 Å². The molecule has 0 fully saturated rings. The van der Waals surface area contributed by atoms with Crippen molar-refractivity contribution in [3.05, 3.63) is 0 Å². The molecule has 0 unspecified atom stereocenters. The minimum absolute atomic E-state index is 0.158. The molecule has 0 saturated heterocycles. The molecule has 0 spiro atoms. The Morgan fingerprint density at radius 1 is 0.645 bits per heavy atom. The second kappa shape index (κ2) is 18.4. The lowest BCUT2D eigenvalue weighted by Crippen LogP contribution is -2.41. The fourth-order valence-corrected chi connectivity index (χ4v) is 3.24. The van der Waals surface area contributed by atoms with Gasteiger partial charge in [0.1, 0.15) is 13.2 Å². The number of hydrogen-bond acceptors (Lipinski definition) is 6. The molecule has 0 rings (SSSR count). The van der Waals surface area contributed by atoms with Crippen LogP contribution in [0.25, 0.3) is 0 Å². The number of unbranched alkanes of at least 4 members (excludes halogenated alkanes) is 6. The van der Waals surface area contributed by atoms with Gasteiger partial charge in [0, 0.05) is 12.8 Å². The Morgan fingerprint density at radius 2 is 1.00 bits per heavy atom. The highest BCUT2D eigenvalue weighted by molar-refractivity contribution is 5.69. The molecule has 0 aliphatic carbocycles. The molecule has 0 bridgehead atoms. The lowest BCUT2D eigenvalue weighted by atomic mass is 9.92. The molecular formula is C25H48O6. The molecule has 0 aliphatic heterocycles. The van der Waals surface area contributed by atoms with Crippen molar-refractivity contribution in [3.8, 4) is 0 Å². The van der Waals surface area contributed by atoms with Gasteiger partial charge in [-0.25, -0.2) is 0 Å². The summed E-state index contributed by atoms with van der Waals surface area (Å²) in [6, 6.07) is 0. The molecule has 0 atom stereocenters. The van der Waals surface area contributed by atoms with Gasteiger partial charge in [-0.3, -0.25) is 9.59 Å². The number of rotatable bonds is 20. The maximum absolute atomic E-state index is 12.0. The zero-order chi connectivity index (χ0) is 23.5. The predicted octanol–water partition coefficient (Wildman–Crippen LogP) is 5.04. The van der Waals surface area contributed by atoms with E-state index >= 15 is 0 Å². The van der Waals surface area contributed by atoms with E-state index in [-0.39, 0.29) is 25.2 Å². The average molecular weight is 445 g/mol. The molecule has 0 aromatic rings. The van der Waals surface area contributed by atoms with Gasteiger partial charge in [0.15, 0.2) is 0 Å². The van der Waals surface area contributed by atoms with E-state index in [1.807, 2.05) is 0 Å². The second-order valence-electron chi connectivity index (χ2n) is 9.83. The first-order valence-corrected chi connectivity index (χ1v) is 12.3. The van der Waals surface area contributed by atoms with Crippen LogP contribution in [0.3, 0.4) is 0 Å². The lowest BCUT2D eigenvalue weighted by molar-refractivity contribution is -0.159. The molecular weight excluding hydrogens is 396 g/mol. The van der Waals surface area contributed by atoms with Crippen molar-refractivity contribution < 1.29 is 29.3 Å². The van der Waals surface area contributed by atoms with Crippen LogP contribution in [-0.4, -0.2) is 48.6 Å². The Kier molecular flexibility index (Phi) is 17.8. The molecule has 0 heterocycles. The fourth-order valence-electron chi connectivity index (χ4n) is 3.24. The maximum atomic E-state index is 12.0. The average Bonchev–Trinajstić information content (AvgIpc) is 2.73. The summed E-state index contributed by atoms with van der Waals surface area (Å²) >= 11 is 0.